The van der Waals surface area contributed by atoms with Crippen LogP contribution in [0.5, 0.6) is 0 Å². The molecule has 1 aliphatic heterocycles. The van der Waals surface area contributed by atoms with Crippen molar-refractivity contribution in [2.24, 2.45) is 11.7 Å². The van der Waals surface area contributed by atoms with E-state index in [9.17, 15) is 19.2 Å². The lowest BCUT2D eigenvalue weighted by molar-refractivity contribution is -0.146. The number of nitrogens with two attached hydrogens (primary N) is 1. The van der Waals surface area contributed by atoms with Gasteiger partial charge < -0.3 is 20.3 Å². The molecule has 1 aliphatic rings. The number of hydrogen-bond acceptors (Lipinski definition) is 5. The third kappa shape index (κ3) is 12.4. The second kappa shape index (κ2) is 14.8. The van der Waals surface area contributed by atoms with Gasteiger partial charge in [0.05, 0.1) is 6.04 Å². The van der Waals surface area contributed by atoms with Crippen LogP contribution in [0, 0.1) is 5.92 Å². The average molecular weight is 444 g/mol. The lowest BCUT2D eigenvalue weighted by Crippen LogP contribution is -2.51. The molecular weight excluding hydrogens is 398 g/mol. The molecule has 0 saturated carbocycles. The highest BCUT2D eigenvalue weighted by molar-refractivity contribution is 5.92. The topological polar surface area (TPSA) is 110 Å². The Morgan fingerprint density at radius 1 is 1.16 bits per heavy atom. The van der Waals surface area contributed by atoms with Gasteiger partial charge in [-0.2, -0.15) is 0 Å². The highest BCUT2D eigenvalue weighted by atomic mass is 16.6. The van der Waals surface area contributed by atoms with Gasteiger partial charge in [0.1, 0.15) is 11.6 Å². The number of hydrogen-bond donors (Lipinski definition) is 1. The molecule has 8 nitrogen and oxygen atoms in total. The number of amides is 3. The summed E-state index contributed by atoms with van der Waals surface area (Å²) in [6.45, 7) is 17.3. The predicted octanol–water partition coefficient (Wildman–Crippen LogP) is 3.76. The minimum atomic E-state index is -0.725. The number of likely N-dealkylation sites (tertiary alicyclic amines) is 1. The molecule has 0 spiro atoms. The highest BCUT2D eigenvalue weighted by Gasteiger charge is 2.37. The van der Waals surface area contributed by atoms with Crippen molar-refractivity contribution in [1.82, 2.24) is 9.80 Å². The molecule has 1 rings (SSSR count). The quantitative estimate of drug-likeness (QED) is 0.672. The van der Waals surface area contributed by atoms with Crippen LogP contribution in [0.3, 0.4) is 0 Å². The summed E-state index contributed by atoms with van der Waals surface area (Å²) in [6, 6.07) is -0.784. The van der Waals surface area contributed by atoms with Gasteiger partial charge in [-0.05, 0) is 52.9 Å². The summed E-state index contributed by atoms with van der Waals surface area (Å²) in [6.07, 6.45) is 1.89. The van der Waals surface area contributed by atoms with Crippen molar-refractivity contribution in [3.63, 3.8) is 0 Å². The van der Waals surface area contributed by atoms with Crippen LogP contribution in [-0.4, -0.2) is 64.8 Å². The van der Waals surface area contributed by atoms with Gasteiger partial charge in [-0.3, -0.25) is 14.4 Å². The first-order valence-electron chi connectivity index (χ1n) is 11.3. The molecule has 1 fully saturated rings. The van der Waals surface area contributed by atoms with Gasteiger partial charge in [0.25, 0.3) is 0 Å². The lowest BCUT2D eigenvalue weighted by Gasteiger charge is -2.32. The fourth-order valence-corrected chi connectivity index (χ4v) is 3.26. The molecule has 2 unspecified atom stereocenters. The van der Waals surface area contributed by atoms with Crippen LogP contribution in [0.15, 0.2) is 0 Å². The number of carbonyl (C=O) groups is 4. The van der Waals surface area contributed by atoms with E-state index in [0.717, 1.165) is 6.42 Å². The van der Waals surface area contributed by atoms with Gasteiger partial charge in [-0.15, -0.1) is 0 Å². The van der Waals surface area contributed by atoms with E-state index in [1.165, 1.54) is 6.92 Å². The Balaban J connectivity index is 0. The van der Waals surface area contributed by atoms with Crippen molar-refractivity contribution in [3.05, 3.63) is 0 Å². The Morgan fingerprint density at radius 3 is 2.00 bits per heavy atom. The molecule has 1 saturated heterocycles. The van der Waals surface area contributed by atoms with Gasteiger partial charge >= 0.3 is 6.09 Å². The number of nitrogens with zero attached hydrogens (tertiary/aromatic N) is 2. The van der Waals surface area contributed by atoms with Crippen LogP contribution in [0.4, 0.5) is 4.79 Å². The van der Waals surface area contributed by atoms with Crippen molar-refractivity contribution >= 4 is 23.7 Å². The van der Waals surface area contributed by atoms with E-state index in [0.29, 0.717) is 31.7 Å². The molecule has 1 heterocycles. The summed E-state index contributed by atoms with van der Waals surface area (Å²) in [7, 11) is 1.68. The number of rotatable bonds is 6. The van der Waals surface area contributed by atoms with Crippen LogP contribution in [0.2, 0.25) is 0 Å². The SMILES string of the molecule is CC.CC(C)(C)OC(N)=O.CCC(=O)N1CCCC1C(=O)N(C)C(CC(C)C)C(C)=O. The molecule has 0 radical (unpaired) electrons. The lowest BCUT2D eigenvalue weighted by atomic mass is 9.99. The molecule has 3 amide bonds. The minimum Gasteiger partial charge on any atom is -0.444 e. The van der Waals surface area contributed by atoms with Crippen molar-refractivity contribution in [2.75, 3.05) is 13.6 Å². The van der Waals surface area contributed by atoms with E-state index >= 15 is 0 Å². The number of ketones is 1. The van der Waals surface area contributed by atoms with E-state index in [-0.39, 0.29) is 17.6 Å². The Morgan fingerprint density at radius 2 is 1.68 bits per heavy atom. The molecule has 0 aromatic carbocycles. The van der Waals surface area contributed by atoms with Gasteiger partial charge in [0, 0.05) is 20.0 Å². The fraction of sp³-hybridized carbons (Fsp3) is 0.826. The van der Waals surface area contributed by atoms with Crippen molar-refractivity contribution < 1.29 is 23.9 Å². The third-order valence-electron chi connectivity index (χ3n) is 4.55. The molecule has 2 N–H and O–H groups in total. The molecule has 31 heavy (non-hydrogen) atoms. The van der Waals surface area contributed by atoms with E-state index in [1.54, 1.807) is 37.6 Å². The largest absolute Gasteiger partial charge is 0.444 e. The second-order valence-corrected chi connectivity index (χ2v) is 8.84. The Bertz CT molecular complexity index is 584. The molecule has 8 heteroatoms. The molecule has 2 atom stereocenters. The smallest absolute Gasteiger partial charge is 0.405 e. The van der Waals surface area contributed by atoms with Crippen LogP contribution in [0.1, 0.15) is 88.0 Å². The second-order valence-electron chi connectivity index (χ2n) is 8.84. The van der Waals surface area contributed by atoms with Crippen LogP contribution >= 0.6 is 0 Å². The minimum absolute atomic E-state index is 0.00548. The molecule has 182 valence electrons. The highest BCUT2D eigenvalue weighted by Crippen LogP contribution is 2.22. The Hall–Kier alpha value is -2.12. The summed E-state index contributed by atoms with van der Waals surface area (Å²) in [5.41, 5.74) is 4.26. The zero-order chi connectivity index (χ0) is 24.9. The zero-order valence-corrected chi connectivity index (χ0v) is 21.3. The van der Waals surface area contributed by atoms with Crippen molar-refractivity contribution in [3.8, 4) is 0 Å². The summed E-state index contributed by atoms with van der Waals surface area (Å²) in [5.74, 6) is 0.259. The van der Waals surface area contributed by atoms with E-state index in [1.807, 2.05) is 34.6 Å². The van der Waals surface area contributed by atoms with E-state index in [2.05, 4.69) is 4.74 Å². The monoisotopic (exact) mass is 443 g/mol. The number of carbonyl (C=O) groups excluding carboxylic acids is 4. The Labute approximate surface area is 188 Å². The maximum atomic E-state index is 12.7. The number of likely N-dealkylation sites (N-methyl/N-ethyl adjacent to an activating group) is 1. The first-order chi connectivity index (χ1) is 14.2. The number of ether oxygens (including phenoxy) is 1. The van der Waals surface area contributed by atoms with Gasteiger partial charge in [0.15, 0.2) is 5.78 Å². The van der Waals surface area contributed by atoms with E-state index < -0.39 is 23.8 Å². The molecule has 0 bridgehead atoms. The third-order valence-corrected chi connectivity index (χ3v) is 4.55. The van der Waals surface area contributed by atoms with E-state index in [4.69, 9.17) is 5.73 Å². The molecule has 0 aliphatic carbocycles. The summed E-state index contributed by atoms with van der Waals surface area (Å²) in [4.78, 5) is 49.7. The molecule has 0 aromatic heterocycles. The van der Waals surface area contributed by atoms with Crippen LogP contribution in [0.25, 0.3) is 0 Å². The zero-order valence-electron chi connectivity index (χ0n) is 21.3. The first-order valence-corrected chi connectivity index (χ1v) is 11.3. The fourth-order valence-electron chi connectivity index (χ4n) is 3.26. The number of primary amides is 1. The normalized spacial score (nSPS) is 16.4. The summed E-state index contributed by atoms with van der Waals surface area (Å²) >= 11 is 0. The number of Topliss-reactive ketones (excluding diaryl/α,β-unsaturated/α-hetero) is 1. The maximum absolute atomic E-state index is 12.7. The predicted molar refractivity (Wildman–Crippen MR) is 123 cm³/mol. The first kappa shape index (κ1) is 31.1. The van der Waals surface area contributed by atoms with Crippen molar-refractivity contribution in [2.45, 2.75) is 106 Å². The van der Waals surface area contributed by atoms with Crippen molar-refractivity contribution in [1.29, 1.82) is 0 Å². The Kier molecular flexibility index (Phi) is 14.8. The van der Waals surface area contributed by atoms with Crippen LogP contribution < -0.4 is 5.73 Å². The van der Waals surface area contributed by atoms with Gasteiger partial charge in [0.2, 0.25) is 11.8 Å². The summed E-state index contributed by atoms with van der Waals surface area (Å²) < 4.78 is 4.58. The average Bonchev–Trinajstić information content (AvgIpc) is 3.13. The molecule has 0 aromatic rings. The molecular formula is C23H45N3O5. The summed E-state index contributed by atoms with van der Waals surface area (Å²) in [5, 5.41) is 0. The maximum Gasteiger partial charge on any atom is 0.405 e. The standard InChI is InChI=1S/C16H28N2O3.C5H11NO2.C2H6/c1-6-15(20)18-9-7-8-13(18)16(21)17(5)14(12(4)19)10-11(2)3;1-5(2,3)8-4(6)7;1-2/h11,13-14H,6-10H2,1-5H3;1-3H3,(H2,6,7);1-2H3. The van der Waals surface area contributed by atoms with Crippen LogP contribution in [-0.2, 0) is 19.1 Å². The van der Waals surface area contributed by atoms with Gasteiger partial charge in [-0.1, -0.05) is 34.6 Å². The van der Waals surface area contributed by atoms with Gasteiger partial charge in [-0.25, -0.2) is 4.79 Å².